The van der Waals surface area contributed by atoms with Crippen LogP contribution in [-0.4, -0.2) is 53.9 Å². The number of aromatic nitrogens is 1. The molecule has 9 heteroatoms. The fourth-order valence-electron chi connectivity index (χ4n) is 6.27. The van der Waals surface area contributed by atoms with Crippen LogP contribution in [0.15, 0.2) is 109 Å². The minimum Gasteiger partial charge on any atom is -0.493 e. The molecule has 1 aliphatic rings. The molecule has 7 nitrogen and oxygen atoms in total. The third kappa shape index (κ3) is 10.4. The Balaban J connectivity index is 0.970. The van der Waals surface area contributed by atoms with Crippen molar-refractivity contribution in [1.29, 1.82) is 0 Å². The fraction of sp³-hybridized carbons (Fsp3) is 0.273. The Morgan fingerprint density at radius 1 is 0.849 bits per heavy atom. The highest BCUT2D eigenvalue weighted by atomic mass is 35.5. The number of carbonyl (C=O) groups excluding carboxylic acids is 1. The summed E-state index contributed by atoms with van der Waals surface area (Å²) in [5, 5.41) is 0.969. The van der Waals surface area contributed by atoms with Gasteiger partial charge in [0.1, 0.15) is 30.1 Å². The van der Waals surface area contributed by atoms with E-state index in [0.717, 1.165) is 73.6 Å². The molecule has 0 amide bonds. The number of rotatable bonds is 15. The van der Waals surface area contributed by atoms with Crippen LogP contribution in [0.25, 0.3) is 5.70 Å². The zero-order valence-electron chi connectivity index (χ0n) is 30.4. The van der Waals surface area contributed by atoms with E-state index in [-0.39, 0.29) is 6.61 Å². The van der Waals surface area contributed by atoms with Crippen molar-refractivity contribution in [2.45, 2.75) is 46.3 Å². The van der Waals surface area contributed by atoms with E-state index < -0.39 is 0 Å². The van der Waals surface area contributed by atoms with Crippen LogP contribution in [-0.2, 0) is 24.4 Å². The van der Waals surface area contributed by atoms with Crippen LogP contribution < -0.4 is 14.2 Å². The molecule has 4 aromatic carbocycles. The van der Waals surface area contributed by atoms with Crippen LogP contribution in [0.1, 0.15) is 53.1 Å². The summed E-state index contributed by atoms with van der Waals surface area (Å²) in [6, 6.07) is 32.2. The number of halogens is 2. The van der Waals surface area contributed by atoms with Crippen molar-refractivity contribution in [3.63, 3.8) is 0 Å². The van der Waals surface area contributed by atoms with Crippen LogP contribution in [0.3, 0.4) is 0 Å². The molecule has 0 aliphatic carbocycles. The molecule has 0 N–H and O–H groups in total. The van der Waals surface area contributed by atoms with Crippen LogP contribution >= 0.6 is 23.2 Å². The lowest BCUT2D eigenvalue weighted by Gasteiger charge is -2.37. The highest BCUT2D eigenvalue weighted by Crippen LogP contribution is 2.31. The fourth-order valence-corrected chi connectivity index (χ4v) is 6.64. The second-order valence-electron chi connectivity index (χ2n) is 13.5. The standard InChI is InChI=1S/C44H45Cl2N3O4/c1-31(2)35-11-14-38(15-12-35)51-26-20-33-7-9-34(10-8-33)29-48-21-23-49(24-22-48)41(19-25-50)36-13-17-42(32(3)27-36)53-43-18-16-39(28-47-43)52-30-37-5-4-6-40(45)44(37)46/h4-19,25,27-28,31H,20-24,26,29-30H2,1-3H3/b41-19+. The summed E-state index contributed by atoms with van der Waals surface area (Å²) in [5.74, 6) is 3.15. The number of aryl methyl sites for hydroxylation is 1. The average Bonchev–Trinajstić information content (AvgIpc) is 3.17. The monoisotopic (exact) mass is 749 g/mol. The maximum atomic E-state index is 11.7. The zero-order valence-corrected chi connectivity index (χ0v) is 31.9. The number of nitrogens with zero attached hydrogens (tertiary/aromatic N) is 3. The van der Waals surface area contributed by atoms with Gasteiger partial charge in [-0.3, -0.25) is 9.69 Å². The summed E-state index contributed by atoms with van der Waals surface area (Å²) >= 11 is 12.4. The molecule has 0 atom stereocenters. The van der Waals surface area contributed by atoms with Gasteiger partial charge in [0.05, 0.1) is 22.8 Å². The predicted octanol–water partition coefficient (Wildman–Crippen LogP) is 10.2. The minimum atomic E-state index is 0.271. The van der Waals surface area contributed by atoms with Gasteiger partial charge in [-0.15, -0.1) is 0 Å². The van der Waals surface area contributed by atoms with E-state index >= 15 is 0 Å². The van der Waals surface area contributed by atoms with Gasteiger partial charge in [-0.25, -0.2) is 4.98 Å². The van der Waals surface area contributed by atoms with E-state index in [0.29, 0.717) is 39.9 Å². The average molecular weight is 751 g/mol. The van der Waals surface area contributed by atoms with Gasteiger partial charge in [0, 0.05) is 62.5 Å². The van der Waals surface area contributed by atoms with Crippen molar-refractivity contribution in [2.24, 2.45) is 0 Å². The normalized spacial score (nSPS) is 13.6. The highest BCUT2D eigenvalue weighted by molar-refractivity contribution is 6.42. The molecule has 274 valence electrons. The van der Waals surface area contributed by atoms with E-state index in [1.54, 1.807) is 30.5 Å². The van der Waals surface area contributed by atoms with Gasteiger partial charge in [0.15, 0.2) is 0 Å². The van der Waals surface area contributed by atoms with Gasteiger partial charge < -0.3 is 19.1 Å². The lowest BCUT2D eigenvalue weighted by molar-refractivity contribution is -0.104. The number of piperazine rings is 1. The molecule has 1 saturated heterocycles. The molecule has 5 aromatic rings. The number of aldehydes is 1. The summed E-state index contributed by atoms with van der Waals surface area (Å²) < 4.78 is 17.9. The summed E-state index contributed by atoms with van der Waals surface area (Å²) in [7, 11) is 0. The Labute approximate surface area is 322 Å². The maximum absolute atomic E-state index is 11.7. The Bertz CT molecular complexity index is 1990. The summed E-state index contributed by atoms with van der Waals surface area (Å²) in [6.45, 7) is 11.7. The van der Waals surface area contributed by atoms with E-state index in [1.807, 2.05) is 31.2 Å². The van der Waals surface area contributed by atoms with Gasteiger partial charge >= 0.3 is 0 Å². The van der Waals surface area contributed by atoms with E-state index in [4.69, 9.17) is 37.4 Å². The van der Waals surface area contributed by atoms with Gasteiger partial charge in [-0.2, -0.15) is 0 Å². The van der Waals surface area contributed by atoms with Crippen molar-refractivity contribution < 1.29 is 19.0 Å². The Kier molecular flexibility index (Phi) is 13.1. The number of hydrogen-bond donors (Lipinski definition) is 0. The largest absolute Gasteiger partial charge is 0.493 e. The molecular formula is C44H45Cl2N3O4. The first-order valence-corrected chi connectivity index (χ1v) is 18.8. The van der Waals surface area contributed by atoms with Crippen LogP contribution in [0.2, 0.25) is 10.0 Å². The van der Waals surface area contributed by atoms with Crippen LogP contribution in [0.4, 0.5) is 0 Å². The highest BCUT2D eigenvalue weighted by Gasteiger charge is 2.21. The van der Waals surface area contributed by atoms with Gasteiger partial charge in [0.2, 0.25) is 5.88 Å². The summed E-state index contributed by atoms with van der Waals surface area (Å²) in [4.78, 5) is 20.9. The van der Waals surface area contributed by atoms with Crippen molar-refractivity contribution in [1.82, 2.24) is 14.8 Å². The molecule has 0 saturated carbocycles. The van der Waals surface area contributed by atoms with Crippen molar-refractivity contribution >= 4 is 35.2 Å². The van der Waals surface area contributed by atoms with Crippen molar-refractivity contribution in [3.8, 4) is 23.1 Å². The molecule has 0 bridgehead atoms. The maximum Gasteiger partial charge on any atom is 0.219 e. The lowest BCUT2D eigenvalue weighted by atomic mass is 10.0. The van der Waals surface area contributed by atoms with Crippen LogP contribution in [0, 0.1) is 6.92 Å². The third-order valence-corrected chi connectivity index (χ3v) is 10.3. The quantitative estimate of drug-likeness (QED) is 0.0780. The lowest BCUT2D eigenvalue weighted by Crippen LogP contribution is -2.45. The number of hydrogen-bond acceptors (Lipinski definition) is 7. The van der Waals surface area contributed by atoms with Crippen molar-refractivity contribution in [2.75, 3.05) is 32.8 Å². The number of carbonyl (C=O) groups is 1. The SMILES string of the molecule is Cc1cc(/C(=C\C=O)N2CCN(Cc3ccc(CCOc4ccc(C(C)C)cc4)cc3)CC2)ccc1Oc1ccc(OCc2cccc(Cl)c2Cl)cn1. The van der Waals surface area contributed by atoms with Gasteiger partial charge in [-0.05, 0) is 83.1 Å². The molecule has 53 heavy (non-hydrogen) atoms. The van der Waals surface area contributed by atoms with Crippen molar-refractivity contribution in [3.05, 3.63) is 153 Å². The Hall–Kier alpha value is -4.82. The molecule has 0 radical (unpaired) electrons. The first-order chi connectivity index (χ1) is 25.7. The zero-order chi connectivity index (χ0) is 37.2. The van der Waals surface area contributed by atoms with E-state index in [2.05, 4.69) is 83.2 Å². The predicted molar refractivity (Wildman–Crippen MR) is 213 cm³/mol. The third-order valence-electron chi connectivity index (χ3n) is 9.39. The Morgan fingerprint density at radius 2 is 1.58 bits per heavy atom. The van der Waals surface area contributed by atoms with Gasteiger partial charge in [-0.1, -0.05) is 85.6 Å². The molecule has 0 unspecified atom stereocenters. The molecule has 2 heterocycles. The minimum absolute atomic E-state index is 0.271. The molecular weight excluding hydrogens is 705 g/mol. The number of benzene rings is 4. The first kappa shape index (κ1) is 37.9. The second kappa shape index (κ2) is 18.3. The smallest absolute Gasteiger partial charge is 0.219 e. The number of ether oxygens (including phenoxy) is 3. The van der Waals surface area contributed by atoms with E-state index in [1.165, 1.54) is 16.7 Å². The van der Waals surface area contributed by atoms with E-state index in [9.17, 15) is 4.79 Å². The first-order valence-electron chi connectivity index (χ1n) is 18.0. The molecule has 0 spiro atoms. The van der Waals surface area contributed by atoms with Crippen LogP contribution in [0.5, 0.6) is 23.1 Å². The molecule has 6 rings (SSSR count). The molecule has 1 aliphatic heterocycles. The molecule has 1 aromatic heterocycles. The number of pyridine rings is 1. The number of allylic oxidation sites excluding steroid dienone is 1. The molecule has 1 fully saturated rings. The Morgan fingerprint density at radius 3 is 2.26 bits per heavy atom. The second-order valence-corrected chi connectivity index (χ2v) is 14.3. The van der Waals surface area contributed by atoms with Gasteiger partial charge in [0.25, 0.3) is 0 Å². The topological polar surface area (TPSA) is 64.1 Å². The summed E-state index contributed by atoms with van der Waals surface area (Å²) in [5.41, 5.74) is 7.50. The summed E-state index contributed by atoms with van der Waals surface area (Å²) in [6.07, 6.45) is 5.00.